The number of pyridine rings is 2. The number of hydrogen-bond acceptors (Lipinski definition) is 4. The van der Waals surface area contributed by atoms with Gasteiger partial charge in [-0.2, -0.15) is 0 Å². The molecule has 3 heterocycles. The molecule has 1 fully saturated rings. The van der Waals surface area contributed by atoms with Gasteiger partial charge in [-0.1, -0.05) is 29.8 Å². The Morgan fingerprint density at radius 3 is 2.68 bits per heavy atom. The van der Waals surface area contributed by atoms with Crippen molar-refractivity contribution in [3.63, 3.8) is 0 Å². The van der Waals surface area contributed by atoms with E-state index in [1.165, 1.54) is 0 Å². The Balaban J connectivity index is 1.40. The van der Waals surface area contributed by atoms with Gasteiger partial charge in [0, 0.05) is 55.4 Å². The van der Waals surface area contributed by atoms with E-state index in [-0.39, 0.29) is 5.56 Å². The van der Waals surface area contributed by atoms with Gasteiger partial charge in [0.25, 0.3) is 5.56 Å². The van der Waals surface area contributed by atoms with Crippen LogP contribution in [0.5, 0.6) is 0 Å². The Morgan fingerprint density at radius 1 is 1.06 bits per heavy atom. The van der Waals surface area contributed by atoms with Gasteiger partial charge in [-0.05, 0) is 48.0 Å². The summed E-state index contributed by atoms with van der Waals surface area (Å²) in [4.78, 5) is 22.3. The molecule has 0 N–H and O–H groups in total. The number of hydrogen-bond donors (Lipinski definition) is 0. The molecule has 5 rings (SSSR count). The highest BCUT2D eigenvalue weighted by molar-refractivity contribution is 6.30. The van der Waals surface area contributed by atoms with E-state index in [4.69, 9.17) is 16.6 Å². The summed E-state index contributed by atoms with van der Waals surface area (Å²) < 4.78 is 1.71. The second-order valence-corrected chi connectivity index (χ2v) is 8.75. The van der Waals surface area contributed by atoms with Gasteiger partial charge >= 0.3 is 0 Å². The number of aromatic nitrogens is 2. The van der Waals surface area contributed by atoms with Crippen LogP contribution in [0.3, 0.4) is 0 Å². The molecule has 5 nitrogen and oxygen atoms in total. The summed E-state index contributed by atoms with van der Waals surface area (Å²) in [5, 5.41) is 0.679. The van der Waals surface area contributed by atoms with E-state index >= 15 is 0 Å². The largest absolute Gasteiger partial charge is 0.368 e. The minimum atomic E-state index is -0.0185. The van der Waals surface area contributed by atoms with Crippen LogP contribution in [0.25, 0.3) is 5.57 Å². The Hall–Kier alpha value is -2.89. The molecule has 0 atom stereocenters. The predicted molar refractivity (Wildman–Crippen MR) is 126 cm³/mol. The molecule has 31 heavy (non-hydrogen) atoms. The Morgan fingerprint density at radius 2 is 1.90 bits per heavy atom. The fourth-order valence-corrected chi connectivity index (χ4v) is 4.55. The highest BCUT2D eigenvalue weighted by Crippen LogP contribution is 2.33. The average Bonchev–Trinajstić information content (AvgIpc) is 3.19. The normalized spacial score (nSPS) is 16.3. The quantitative estimate of drug-likeness (QED) is 0.630. The summed E-state index contributed by atoms with van der Waals surface area (Å²) >= 11 is 6.08. The van der Waals surface area contributed by atoms with Crippen molar-refractivity contribution in [1.29, 1.82) is 0 Å². The van der Waals surface area contributed by atoms with Gasteiger partial charge in [0.2, 0.25) is 0 Å². The van der Waals surface area contributed by atoms with Crippen LogP contribution in [0, 0.1) is 0 Å². The zero-order chi connectivity index (χ0) is 21.4. The fraction of sp³-hybridized carbons (Fsp3) is 0.280. The fourth-order valence-electron chi connectivity index (χ4n) is 4.34. The molecule has 2 aliphatic rings. The third kappa shape index (κ3) is 4.16. The van der Waals surface area contributed by atoms with E-state index < -0.39 is 0 Å². The predicted octanol–water partition coefficient (Wildman–Crippen LogP) is 3.68. The van der Waals surface area contributed by atoms with Crippen molar-refractivity contribution < 1.29 is 0 Å². The smallest absolute Gasteiger partial charge is 0.251 e. The first-order chi connectivity index (χ1) is 15.1. The standard InChI is InChI=1S/C25H25ClN4O/c1-28-9-11-29(12-10-28)21-15-23-22(5-6-24(23)27-16-21)19-7-8-30(25(31)14-19)17-18-3-2-4-20(26)13-18/h2-5,7-8,13-16H,6,9-12,17H2,1H3. The number of fused-ring (bicyclic) bond motifs is 1. The molecule has 6 heteroatoms. The highest BCUT2D eigenvalue weighted by Gasteiger charge is 2.21. The lowest BCUT2D eigenvalue weighted by atomic mass is 10.0. The molecule has 1 aliphatic carbocycles. The van der Waals surface area contributed by atoms with E-state index in [1.807, 2.05) is 42.7 Å². The Labute approximate surface area is 187 Å². The van der Waals surface area contributed by atoms with Crippen LogP contribution in [0.15, 0.2) is 65.7 Å². The molecule has 0 bridgehead atoms. The van der Waals surface area contributed by atoms with Crippen LogP contribution >= 0.6 is 11.6 Å². The van der Waals surface area contributed by atoms with Gasteiger partial charge in [0.15, 0.2) is 0 Å². The minimum absolute atomic E-state index is 0.0185. The van der Waals surface area contributed by atoms with Gasteiger partial charge in [0.1, 0.15) is 0 Å². The Kier molecular flexibility index (Phi) is 5.38. The second kappa shape index (κ2) is 8.33. The third-order valence-electron chi connectivity index (χ3n) is 6.16. The molecule has 3 aromatic rings. The van der Waals surface area contributed by atoms with Crippen LogP contribution in [-0.2, 0) is 13.0 Å². The van der Waals surface area contributed by atoms with Crippen molar-refractivity contribution in [3.8, 4) is 0 Å². The molecular weight excluding hydrogens is 408 g/mol. The average molecular weight is 433 g/mol. The molecule has 1 aliphatic heterocycles. The van der Waals surface area contributed by atoms with Gasteiger partial charge in [-0.25, -0.2) is 0 Å². The zero-order valence-electron chi connectivity index (χ0n) is 17.6. The lowest BCUT2D eigenvalue weighted by Crippen LogP contribution is -2.44. The van der Waals surface area contributed by atoms with Crippen LogP contribution in [0.4, 0.5) is 5.69 Å². The molecule has 0 saturated carbocycles. The maximum atomic E-state index is 12.8. The molecule has 0 unspecified atom stereocenters. The maximum Gasteiger partial charge on any atom is 0.251 e. The van der Waals surface area contributed by atoms with Crippen molar-refractivity contribution in [1.82, 2.24) is 14.5 Å². The number of rotatable bonds is 4. The number of anilines is 1. The molecule has 2 aromatic heterocycles. The molecule has 158 valence electrons. The van der Waals surface area contributed by atoms with Gasteiger partial charge in [0.05, 0.1) is 24.1 Å². The summed E-state index contributed by atoms with van der Waals surface area (Å²) in [6.45, 7) is 4.64. The summed E-state index contributed by atoms with van der Waals surface area (Å²) in [6, 6.07) is 13.6. The molecule has 0 amide bonds. The monoisotopic (exact) mass is 432 g/mol. The Bertz CT molecular complexity index is 1210. The zero-order valence-corrected chi connectivity index (χ0v) is 18.3. The lowest BCUT2D eigenvalue weighted by molar-refractivity contribution is 0.313. The van der Waals surface area contributed by atoms with Crippen molar-refractivity contribution in [2.45, 2.75) is 13.0 Å². The number of piperazine rings is 1. The number of allylic oxidation sites excluding steroid dienone is 1. The lowest BCUT2D eigenvalue weighted by Gasteiger charge is -2.34. The number of halogens is 1. The van der Waals surface area contributed by atoms with Gasteiger partial charge in [-0.15, -0.1) is 0 Å². The SMILES string of the molecule is CN1CCN(c2cnc3c(c2)C(c2ccn(Cc4cccc(Cl)c4)c(=O)c2)=CC3)CC1. The summed E-state index contributed by atoms with van der Waals surface area (Å²) in [5.41, 5.74) is 6.42. The minimum Gasteiger partial charge on any atom is -0.368 e. The van der Waals surface area contributed by atoms with Crippen LogP contribution in [0.1, 0.15) is 22.4 Å². The third-order valence-corrected chi connectivity index (χ3v) is 6.40. The van der Waals surface area contributed by atoms with Crippen LogP contribution in [0.2, 0.25) is 5.02 Å². The van der Waals surface area contributed by atoms with E-state index in [9.17, 15) is 4.79 Å². The topological polar surface area (TPSA) is 41.4 Å². The van der Waals surface area contributed by atoms with Crippen LogP contribution in [-0.4, -0.2) is 47.7 Å². The highest BCUT2D eigenvalue weighted by atomic mass is 35.5. The van der Waals surface area contributed by atoms with Crippen LogP contribution < -0.4 is 10.5 Å². The van der Waals surface area contributed by atoms with Crippen molar-refractivity contribution >= 4 is 22.9 Å². The summed E-state index contributed by atoms with van der Waals surface area (Å²) in [5.74, 6) is 0. The van der Waals surface area contributed by atoms with Gasteiger partial charge < -0.3 is 14.4 Å². The molecule has 1 saturated heterocycles. The van der Waals surface area contributed by atoms with E-state index in [0.717, 1.165) is 66.2 Å². The number of likely N-dealkylation sites (N-methyl/N-ethyl adjacent to an activating group) is 1. The van der Waals surface area contributed by atoms with Crippen molar-refractivity contribution in [2.24, 2.45) is 0 Å². The maximum absolute atomic E-state index is 12.8. The first-order valence-electron chi connectivity index (χ1n) is 10.6. The molecule has 0 radical (unpaired) electrons. The summed E-state index contributed by atoms with van der Waals surface area (Å²) in [7, 11) is 2.16. The molecule has 1 aromatic carbocycles. The van der Waals surface area contributed by atoms with E-state index in [0.29, 0.717) is 11.6 Å². The summed E-state index contributed by atoms with van der Waals surface area (Å²) in [6.07, 6.45) is 6.85. The number of nitrogens with zero attached hydrogens (tertiary/aromatic N) is 4. The van der Waals surface area contributed by atoms with Crippen molar-refractivity contribution in [3.05, 3.63) is 98.7 Å². The van der Waals surface area contributed by atoms with Crippen molar-refractivity contribution in [2.75, 3.05) is 38.1 Å². The van der Waals surface area contributed by atoms with E-state index in [2.05, 4.69) is 29.0 Å². The first-order valence-corrected chi connectivity index (χ1v) is 11.0. The van der Waals surface area contributed by atoms with Gasteiger partial charge in [-0.3, -0.25) is 9.78 Å². The molecular formula is C25H25ClN4O. The van der Waals surface area contributed by atoms with E-state index in [1.54, 1.807) is 10.6 Å². The first kappa shape index (κ1) is 20.0. The molecule has 0 spiro atoms. The number of benzene rings is 1. The second-order valence-electron chi connectivity index (χ2n) is 8.31.